The maximum atomic E-state index is 13.3. The average Bonchev–Trinajstić information content (AvgIpc) is 2.41. The van der Waals surface area contributed by atoms with E-state index >= 15 is 0 Å². The molecule has 0 bridgehead atoms. The lowest BCUT2D eigenvalue weighted by molar-refractivity contribution is 0.415. The van der Waals surface area contributed by atoms with Crippen LogP contribution in [0.2, 0.25) is 0 Å². The molecule has 2 aromatic rings. The summed E-state index contributed by atoms with van der Waals surface area (Å²) in [7, 11) is 1.63. The van der Waals surface area contributed by atoms with Crippen LogP contribution >= 0.6 is 15.9 Å². The summed E-state index contributed by atoms with van der Waals surface area (Å²) >= 11 is 3.24. The largest absolute Gasteiger partial charge is 0.497 e. The Bertz CT molecular complexity index is 545. The normalized spacial score (nSPS) is 10.2. The molecule has 0 heterocycles. The van der Waals surface area contributed by atoms with Gasteiger partial charge in [-0.05, 0) is 39.7 Å². The number of hydrogen-bond donors (Lipinski definition) is 1. The predicted octanol–water partition coefficient (Wildman–Crippen LogP) is 4.21. The van der Waals surface area contributed by atoms with Crippen LogP contribution in [-0.4, -0.2) is 7.11 Å². The van der Waals surface area contributed by atoms with E-state index in [1.807, 2.05) is 30.3 Å². The molecule has 2 rings (SSSR count). The second-order valence-corrected chi connectivity index (χ2v) is 4.59. The number of rotatable bonds is 4. The number of benzene rings is 2. The number of anilines is 1. The molecule has 18 heavy (non-hydrogen) atoms. The highest BCUT2D eigenvalue weighted by Crippen LogP contribution is 2.22. The van der Waals surface area contributed by atoms with Crippen molar-refractivity contribution in [3.05, 3.63) is 58.3 Å². The summed E-state index contributed by atoms with van der Waals surface area (Å²) in [6.45, 7) is 0.547. The molecule has 0 saturated carbocycles. The minimum atomic E-state index is -0.250. The van der Waals surface area contributed by atoms with Crippen molar-refractivity contribution in [1.82, 2.24) is 0 Å². The highest BCUT2D eigenvalue weighted by atomic mass is 79.9. The Morgan fingerprint density at radius 2 is 2.00 bits per heavy atom. The third-order valence-corrected chi connectivity index (χ3v) is 3.47. The van der Waals surface area contributed by atoms with Gasteiger partial charge in [0, 0.05) is 18.3 Å². The van der Waals surface area contributed by atoms with E-state index < -0.39 is 0 Å². The van der Waals surface area contributed by atoms with Crippen LogP contribution in [0.3, 0.4) is 0 Å². The van der Waals surface area contributed by atoms with E-state index in [2.05, 4.69) is 21.2 Å². The summed E-state index contributed by atoms with van der Waals surface area (Å²) in [5, 5.41) is 3.23. The lowest BCUT2D eigenvalue weighted by Gasteiger charge is -2.09. The van der Waals surface area contributed by atoms with E-state index in [0.717, 1.165) is 17.0 Å². The highest BCUT2D eigenvalue weighted by molar-refractivity contribution is 9.10. The SMILES string of the molecule is COc1cccc(NCc2cccc(F)c2Br)c1. The lowest BCUT2D eigenvalue weighted by Crippen LogP contribution is -2.01. The topological polar surface area (TPSA) is 21.3 Å². The molecule has 0 atom stereocenters. The zero-order valence-electron chi connectivity index (χ0n) is 9.91. The zero-order chi connectivity index (χ0) is 13.0. The third kappa shape index (κ3) is 3.01. The maximum absolute atomic E-state index is 13.3. The van der Waals surface area contributed by atoms with E-state index in [-0.39, 0.29) is 5.82 Å². The van der Waals surface area contributed by atoms with Gasteiger partial charge in [0.2, 0.25) is 0 Å². The Morgan fingerprint density at radius 3 is 2.78 bits per heavy atom. The second kappa shape index (κ2) is 5.87. The van der Waals surface area contributed by atoms with Crippen LogP contribution < -0.4 is 10.1 Å². The summed E-state index contributed by atoms with van der Waals surface area (Å²) < 4.78 is 19.0. The van der Waals surface area contributed by atoms with Gasteiger partial charge in [-0.1, -0.05) is 18.2 Å². The van der Waals surface area contributed by atoms with E-state index in [1.165, 1.54) is 6.07 Å². The standard InChI is InChI=1S/C14H13BrFNO/c1-18-12-6-3-5-11(8-12)17-9-10-4-2-7-13(16)14(10)15/h2-8,17H,9H2,1H3. The molecule has 0 radical (unpaired) electrons. The lowest BCUT2D eigenvalue weighted by atomic mass is 10.2. The minimum Gasteiger partial charge on any atom is -0.497 e. The van der Waals surface area contributed by atoms with E-state index in [1.54, 1.807) is 13.2 Å². The number of nitrogens with one attached hydrogen (secondary N) is 1. The Kier molecular flexibility index (Phi) is 4.20. The van der Waals surface area contributed by atoms with Crippen LogP contribution in [0.5, 0.6) is 5.75 Å². The molecule has 94 valence electrons. The van der Waals surface area contributed by atoms with Crippen molar-refractivity contribution < 1.29 is 9.13 Å². The first-order valence-electron chi connectivity index (χ1n) is 5.51. The van der Waals surface area contributed by atoms with Gasteiger partial charge in [0.05, 0.1) is 11.6 Å². The van der Waals surface area contributed by atoms with Gasteiger partial charge in [-0.15, -0.1) is 0 Å². The van der Waals surface area contributed by atoms with Crippen LogP contribution in [0.1, 0.15) is 5.56 Å². The van der Waals surface area contributed by atoms with Gasteiger partial charge < -0.3 is 10.1 Å². The van der Waals surface area contributed by atoms with Crippen molar-refractivity contribution in [2.24, 2.45) is 0 Å². The van der Waals surface area contributed by atoms with Gasteiger partial charge in [-0.3, -0.25) is 0 Å². The second-order valence-electron chi connectivity index (χ2n) is 3.80. The van der Waals surface area contributed by atoms with E-state index in [9.17, 15) is 4.39 Å². The molecule has 0 amide bonds. The Labute approximate surface area is 114 Å². The van der Waals surface area contributed by atoms with Gasteiger partial charge in [0.1, 0.15) is 11.6 Å². The van der Waals surface area contributed by atoms with Crippen molar-refractivity contribution in [3.8, 4) is 5.75 Å². The molecular weight excluding hydrogens is 297 g/mol. The maximum Gasteiger partial charge on any atom is 0.137 e. The molecule has 0 spiro atoms. The fourth-order valence-electron chi connectivity index (χ4n) is 1.62. The van der Waals surface area contributed by atoms with Gasteiger partial charge in [0.25, 0.3) is 0 Å². The highest BCUT2D eigenvalue weighted by Gasteiger charge is 2.04. The van der Waals surface area contributed by atoms with Crippen molar-refractivity contribution in [1.29, 1.82) is 0 Å². The van der Waals surface area contributed by atoms with Crippen LogP contribution in [0.25, 0.3) is 0 Å². The fourth-order valence-corrected chi connectivity index (χ4v) is 2.02. The van der Waals surface area contributed by atoms with Crippen molar-refractivity contribution >= 4 is 21.6 Å². The van der Waals surface area contributed by atoms with Crippen LogP contribution in [0.15, 0.2) is 46.9 Å². The summed E-state index contributed by atoms with van der Waals surface area (Å²) in [5.41, 5.74) is 1.81. The summed E-state index contributed by atoms with van der Waals surface area (Å²) in [6, 6.07) is 12.6. The number of hydrogen-bond acceptors (Lipinski definition) is 2. The summed E-state index contributed by atoms with van der Waals surface area (Å²) in [6.07, 6.45) is 0. The van der Waals surface area contributed by atoms with Crippen molar-refractivity contribution in [2.75, 3.05) is 12.4 Å². The monoisotopic (exact) mass is 309 g/mol. The molecule has 0 aliphatic carbocycles. The number of halogens is 2. The van der Waals surface area contributed by atoms with E-state index in [4.69, 9.17) is 4.74 Å². The molecule has 0 unspecified atom stereocenters. The number of ether oxygens (including phenoxy) is 1. The molecule has 1 N–H and O–H groups in total. The van der Waals surface area contributed by atoms with Gasteiger partial charge >= 0.3 is 0 Å². The minimum absolute atomic E-state index is 0.250. The molecule has 0 aromatic heterocycles. The smallest absolute Gasteiger partial charge is 0.137 e. The first kappa shape index (κ1) is 12.9. The quantitative estimate of drug-likeness (QED) is 0.913. The summed E-state index contributed by atoms with van der Waals surface area (Å²) in [4.78, 5) is 0. The molecule has 0 fully saturated rings. The first-order chi connectivity index (χ1) is 8.70. The van der Waals surface area contributed by atoms with Crippen LogP contribution in [-0.2, 0) is 6.54 Å². The first-order valence-corrected chi connectivity index (χ1v) is 6.31. The molecule has 2 aromatic carbocycles. The van der Waals surface area contributed by atoms with E-state index in [0.29, 0.717) is 11.0 Å². The zero-order valence-corrected chi connectivity index (χ0v) is 11.5. The van der Waals surface area contributed by atoms with Crippen molar-refractivity contribution in [2.45, 2.75) is 6.54 Å². The van der Waals surface area contributed by atoms with Gasteiger partial charge in [-0.25, -0.2) is 4.39 Å². The number of methoxy groups -OCH3 is 1. The molecule has 4 heteroatoms. The summed E-state index contributed by atoms with van der Waals surface area (Å²) in [5.74, 6) is 0.540. The average molecular weight is 310 g/mol. The van der Waals surface area contributed by atoms with Gasteiger partial charge in [-0.2, -0.15) is 0 Å². The Balaban J connectivity index is 2.09. The van der Waals surface area contributed by atoms with Crippen LogP contribution in [0.4, 0.5) is 10.1 Å². The van der Waals surface area contributed by atoms with Gasteiger partial charge in [0.15, 0.2) is 0 Å². The predicted molar refractivity (Wildman–Crippen MR) is 74.4 cm³/mol. The van der Waals surface area contributed by atoms with Crippen molar-refractivity contribution in [3.63, 3.8) is 0 Å². The molecule has 0 aliphatic rings. The Hall–Kier alpha value is -1.55. The molecule has 2 nitrogen and oxygen atoms in total. The van der Waals surface area contributed by atoms with Crippen LogP contribution in [0, 0.1) is 5.82 Å². The Morgan fingerprint density at radius 1 is 1.22 bits per heavy atom. The fraction of sp³-hybridized carbons (Fsp3) is 0.143. The third-order valence-electron chi connectivity index (χ3n) is 2.58. The molecule has 0 aliphatic heterocycles. The molecule has 0 saturated heterocycles. The molecular formula is C14H13BrFNO.